The molecule has 0 amide bonds. The molecule has 0 saturated carbocycles. The van der Waals surface area contributed by atoms with Crippen molar-refractivity contribution >= 4 is 5.97 Å². The van der Waals surface area contributed by atoms with Crippen molar-refractivity contribution in [2.75, 3.05) is 0 Å². The van der Waals surface area contributed by atoms with Crippen LogP contribution in [0, 0.1) is 0 Å². The SMILES string of the molecule is O=C(O)c1cn(-c2ccncc2)c(-c2ccccc2)n1. The van der Waals surface area contributed by atoms with Crippen molar-refractivity contribution in [3.63, 3.8) is 0 Å². The largest absolute Gasteiger partial charge is 0.476 e. The topological polar surface area (TPSA) is 68.0 Å². The van der Waals surface area contributed by atoms with Crippen molar-refractivity contribution in [1.29, 1.82) is 0 Å². The molecule has 0 radical (unpaired) electrons. The van der Waals surface area contributed by atoms with Gasteiger partial charge in [0.1, 0.15) is 5.82 Å². The van der Waals surface area contributed by atoms with E-state index in [0.29, 0.717) is 5.82 Å². The van der Waals surface area contributed by atoms with Gasteiger partial charge in [-0.2, -0.15) is 0 Å². The average molecular weight is 265 g/mol. The van der Waals surface area contributed by atoms with Gasteiger partial charge in [0.15, 0.2) is 5.69 Å². The Balaban J connectivity index is 2.20. The second kappa shape index (κ2) is 4.97. The molecule has 3 aromatic rings. The normalized spacial score (nSPS) is 10.4. The van der Waals surface area contributed by atoms with Gasteiger partial charge >= 0.3 is 5.97 Å². The van der Waals surface area contributed by atoms with Gasteiger partial charge in [0, 0.05) is 24.2 Å². The number of benzene rings is 1. The fourth-order valence-electron chi connectivity index (χ4n) is 1.98. The molecule has 2 heterocycles. The summed E-state index contributed by atoms with van der Waals surface area (Å²) in [5.41, 5.74) is 1.69. The third-order valence-electron chi connectivity index (χ3n) is 2.90. The first kappa shape index (κ1) is 12.1. The van der Waals surface area contributed by atoms with Crippen LogP contribution in [0.25, 0.3) is 17.1 Å². The molecular weight excluding hydrogens is 254 g/mol. The van der Waals surface area contributed by atoms with Crippen LogP contribution < -0.4 is 0 Å². The fourth-order valence-corrected chi connectivity index (χ4v) is 1.98. The summed E-state index contributed by atoms with van der Waals surface area (Å²) in [7, 11) is 0. The fraction of sp³-hybridized carbons (Fsp3) is 0. The Kier molecular flexibility index (Phi) is 3.01. The van der Waals surface area contributed by atoms with Gasteiger partial charge in [-0.15, -0.1) is 0 Å². The minimum absolute atomic E-state index is 0.0145. The number of rotatable bonds is 3. The van der Waals surface area contributed by atoms with Crippen LogP contribution >= 0.6 is 0 Å². The van der Waals surface area contributed by atoms with Crippen molar-refractivity contribution in [3.05, 3.63) is 66.7 Å². The Morgan fingerprint density at radius 1 is 1.05 bits per heavy atom. The third-order valence-corrected chi connectivity index (χ3v) is 2.90. The third kappa shape index (κ3) is 2.16. The van der Waals surface area contributed by atoms with Gasteiger partial charge in [-0.25, -0.2) is 9.78 Å². The molecule has 0 unspecified atom stereocenters. The maximum absolute atomic E-state index is 11.1. The number of carbonyl (C=O) groups is 1. The summed E-state index contributed by atoms with van der Waals surface area (Å²) in [5, 5.41) is 9.13. The number of hydrogen-bond acceptors (Lipinski definition) is 3. The molecule has 1 aromatic carbocycles. The number of hydrogen-bond donors (Lipinski definition) is 1. The zero-order valence-electron chi connectivity index (χ0n) is 10.5. The highest BCUT2D eigenvalue weighted by Crippen LogP contribution is 2.22. The zero-order valence-corrected chi connectivity index (χ0v) is 10.5. The van der Waals surface area contributed by atoms with Gasteiger partial charge in [0.2, 0.25) is 0 Å². The van der Waals surface area contributed by atoms with Crippen LogP contribution in [0.5, 0.6) is 0 Å². The summed E-state index contributed by atoms with van der Waals surface area (Å²) in [6.07, 6.45) is 4.83. The minimum atomic E-state index is -1.05. The number of carboxylic acid groups (broad SMARTS) is 1. The number of pyridine rings is 1. The van der Waals surface area contributed by atoms with E-state index < -0.39 is 5.97 Å². The predicted molar refractivity (Wildman–Crippen MR) is 73.8 cm³/mol. The van der Waals surface area contributed by atoms with E-state index in [2.05, 4.69) is 9.97 Å². The van der Waals surface area contributed by atoms with E-state index in [1.807, 2.05) is 30.3 Å². The van der Waals surface area contributed by atoms with Crippen LogP contribution in [-0.2, 0) is 0 Å². The quantitative estimate of drug-likeness (QED) is 0.790. The number of aromatic carboxylic acids is 1. The molecule has 98 valence electrons. The number of nitrogens with zero attached hydrogens (tertiary/aromatic N) is 3. The Labute approximate surface area is 115 Å². The van der Waals surface area contributed by atoms with E-state index in [9.17, 15) is 4.79 Å². The lowest BCUT2D eigenvalue weighted by atomic mass is 10.2. The summed E-state index contributed by atoms with van der Waals surface area (Å²) in [5.74, 6) is -0.454. The lowest BCUT2D eigenvalue weighted by Crippen LogP contribution is -1.96. The first-order chi connectivity index (χ1) is 9.75. The molecule has 5 heteroatoms. The lowest BCUT2D eigenvalue weighted by molar-refractivity contribution is 0.0691. The second-order valence-electron chi connectivity index (χ2n) is 4.20. The molecule has 0 atom stereocenters. The minimum Gasteiger partial charge on any atom is -0.476 e. The lowest BCUT2D eigenvalue weighted by Gasteiger charge is -2.06. The van der Waals surface area contributed by atoms with Crippen molar-refractivity contribution in [2.24, 2.45) is 0 Å². The maximum Gasteiger partial charge on any atom is 0.356 e. The Morgan fingerprint density at radius 2 is 1.75 bits per heavy atom. The molecule has 0 saturated heterocycles. The number of carboxylic acids is 1. The van der Waals surface area contributed by atoms with E-state index in [4.69, 9.17) is 5.11 Å². The standard InChI is InChI=1S/C15H11N3O2/c19-15(20)13-10-18(12-6-8-16-9-7-12)14(17-13)11-4-2-1-3-5-11/h1-10H,(H,19,20). The van der Waals surface area contributed by atoms with Crippen molar-refractivity contribution in [3.8, 4) is 17.1 Å². The monoisotopic (exact) mass is 265 g/mol. The molecule has 0 aliphatic rings. The molecular formula is C15H11N3O2. The molecule has 2 aromatic heterocycles. The highest BCUT2D eigenvalue weighted by molar-refractivity contribution is 5.86. The van der Waals surface area contributed by atoms with E-state index >= 15 is 0 Å². The van der Waals surface area contributed by atoms with Gasteiger partial charge in [-0.05, 0) is 12.1 Å². The summed E-state index contributed by atoms with van der Waals surface area (Å²) >= 11 is 0. The van der Waals surface area contributed by atoms with Crippen molar-refractivity contribution < 1.29 is 9.90 Å². The smallest absolute Gasteiger partial charge is 0.356 e. The molecule has 0 aliphatic carbocycles. The van der Waals surface area contributed by atoms with Crippen LogP contribution in [0.4, 0.5) is 0 Å². The Bertz CT molecular complexity index is 679. The van der Waals surface area contributed by atoms with Crippen LogP contribution in [-0.4, -0.2) is 25.6 Å². The zero-order chi connectivity index (χ0) is 13.9. The van der Waals surface area contributed by atoms with Gasteiger partial charge in [0.05, 0.1) is 5.69 Å². The first-order valence-corrected chi connectivity index (χ1v) is 6.04. The van der Waals surface area contributed by atoms with Crippen LogP contribution in [0.15, 0.2) is 61.1 Å². The van der Waals surface area contributed by atoms with Crippen molar-refractivity contribution in [1.82, 2.24) is 14.5 Å². The Hall–Kier alpha value is -2.95. The molecule has 3 rings (SSSR count). The summed E-state index contributed by atoms with van der Waals surface area (Å²) < 4.78 is 1.75. The summed E-state index contributed by atoms with van der Waals surface area (Å²) in [6, 6.07) is 13.1. The molecule has 20 heavy (non-hydrogen) atoms. The van der Waals surface area contributed by atoms with E-state index in [1.54, 1.807) is 29.1 Å². The van der Waals surface area contributed by atoms with E-state index in [1.165, 1.54) is 6.20 Å². The van der Waals surface area contributed by atoms with Gasteiger partial charge in [0.25, 0.3) is 0 Å². The summed E-state index contributed by atoms with van der Waals surface area (Å²) in [4.78, 5) is 19.3. The molecule has 0 fully saturated rings. The molecule has 0 spiro atoms. The maximum atomic E-state index is 11.1. The number of imidazole rings is 1. The van der Waals surface area contributed by atoms with Crippen LogP contribution in [0.3, 0.4) is 0 Å². The van der Waals surface area contributed by atoms with Crippen LogP contribution in [0.1, 0.15) is 10.5 Å². The molecule has 0 bridgehead atoms. The predicted octanol–water partition coefficient (Wildman–Crippen LogP) is 2.63. The second-order valence-corrected chi connectivity index (χ2v) is 4.20. The van der Waals surface area contributed by atoms with Gasteiger partial charge in [-0.1, -0.05) is 30.3 Å². The number of aromatic nitrogens is 3. The molecule has 1 N–H and O–H groups in total. The van der Waals surface area contributed by atoms with Gasteiger partial charge < -0.3 is 5.11 Å². The average Bonchev–Trinajstić information content (AvgIpc) is 2.94. The van der Waals surface area contributed by atoms with Crippen LogP contribution in [0.2, 0.25) is 0 Å². The van der Waals surface area contributed by atoms with E-state index in [-0.39, 0.29) is 5.69 Å². The van der Waals surface area contributed by atoms with Gasteiger partial charge in [-0.3, -0.25) is 9.55 Å². The Morgan fingerprint density at radius 3 is 2.40 bits per heavy atom. The molecule has 5 nitrogen and oxygen atoms in total. The first-order valence-electron chi connectivity index (χ1n) is 6.04. The highest BCUT2D eigenvalue weighted by atomic mass is 16.4. The highest BCUT2D eigenvalue weighted by Gasteiger charge is 2.15. The molecule has 0 aliphatic heterocycles. The van der Waals surface area contributed by atoms with Crippen molar-refractivity contribution in [2.45, 2.75) is 0 Å². The van der Waals surface area contributed by atoms with E-state index in [0.717, 1.165) is 11.3 Å². The summed E-state index contributed by atoms with van der Waals surface area (Å²) in [6.45, 7) is 0.